The van der Waals surface area contributed by atoms with Crippen LogP contribution in [0.15, 0.2) is 18.2 Å². The predicted octanol–water partition coefficient (Wildman–Crippen LogP) is 2.67. The normalized spacial score (nSPS) is 18.9. The lowest BCUT2D eigenvalue weighted by Gasteiger charge is -2.36. The van der Waals surface area contributed by atoms with Gasteiger partial charge >= 0.3 is 0 Å². The summed E-state index contributed by atoms with van der Waals surface area (Å²) in [4.78, 5) is 12.9. The summed E-state index contributed by atoms with van der Waals surface area (Å²) < 4.78 is 0. The summed E-state index contributed by atoms with van der Waals surface area (Å²) >= 11 is 0. The quantitative estimate of drug-likeness (QED) is 0.679. The van der Waals surface area contributed by atoms with E-state index in [9.17, 15) is 15.2 Å². The van der Waals surface area contributed by atoms with Gasteiger partial charge in [-0.25, -0.2) is 0 Å². The van der Waals surface area contributed by atoms with E-state index in [2.05, 4.69) is 11.8 Å². The van der Waals surface area contributed by atoms with E-state index in [-0.39, 0.29) is 23.3 Å². The lowest BCUT2D eigenvalue weighted by atomic mass is 9.94. The first-order valence-corrected chi connectivity index (χ1v) is 7.12. The summed E-state index contributed by atoms with van der Waals surface area (Å²) in [6.45, 7) is 6.24. The summed E-state index contributed by atoms with van der Waals surface area (Å²) in [6, 6.07) is 5.25. The molecule has 1 aliphatic rings. The second-order valence-electron chi connectivity index (χ2n) is 5.64. The molecule has 5 heteroatoms. The fourth-order valence-electron chi connectivity index (χ4n) is 2.91. The van der Waals surface area contributed by atoms with Gasteiger partial charge in [-0.05, 0) is 56.8 Å². The number of hydrogen-bond acceptors (Lipinski definition) is 4. The van der Waals surface area contributed by atoms with Crippen LogP contribution in [-0.4, -0.2) is 34.6 Å². The van der Waals surface area contributed by atoms with E-state index in [1.165, 1.54) is 0 Å². The van der Waals surface area contributed by atoms with E-state index < -0.39 is 0 Å². The van der Waals surface area contributed by atoms with Crippen molar-refractivity contribution in [1.29, 1.82) is 0 Å². The van der Waals surface area contributed by atoms with Gasteiger partial charge in [0.05, 0.1) is 4.92 Å². The van der Waals surface area contributed by atoms with Crippen molar-refractivity contribution in [3.63, 3.8) is 0 Å². The summed E-state index contributed by atoms with van der Waals surface area (Å²) in [5, 5.41) is 20.1. The summed E-state index contributed by atoms with van der Waals surface area (Å²) in [6.07, 6.45) is 1.99. The minimum absolute atomic E-state index is 0.155. The average molecular weight is 278 g/mol. The Morgan fingerprint density at radius 1 is 1.45 bits per heavy atom. The molecule has 0 aromatic heterocycles. The van der Waals surface area contributed by atoms with Gasteiger partial charge in [-0.15, -0.1) is 0 Å². The van der Waals surface area contributed by atoms with E-state index >= 15 is 0 Å². The molecule has 1 unspecified atom stereocenters. The zero-order chi connectivity index (χ0) is 14.7. The topological polar surface area (TPSA) is 66.6 Å². The molecule has 1 aromatic rings. The van der Waals surface area contributed by atoms with Gasteiger partial charge in [0.25, 0.3) is 5.69 Å². The van der Waals surface area contributed by atoms with E-state index in [1.54, 1.807) is 12.1 Å². The Hall–Kier alpha value is -1.46. The van der Waals surface area contributed by atoms with Gasteiger partial charge in [0, 0.05) is 24.8 Å². The average Bonchev–Trinajstić information content (AvgIpc) is 2.47. The fourth-order valence-corrected chi connectivity index (χ4v) is 2.91. The van der Waals surface area contributed by atoms with Gasteiger partial charge < -0.3 is 5.11 Å². The number of non-ortho nitro benzene ring substituents is 1. The van der Waals surface area contributed by atoms with E-state index in [1.807, 2.05) is 13.0 Å². The molecule has 0 radical (unpaired) electrons. The number of aliphatic hydroxyl groups excluding tert-OH is 1. The number of piperidine rings is 1. The fraction of sp³-hybridized carbons (Fsp3) is 0.600. The molecular weight excluding hydrogens is 256 g/mol. The molecule has 5 nitrogen and oxygen atoms in total. The third kappa shape index (κ3) is 3.16. The van der Waals surface area contributed by atoms with Crippen LogP contribution in [0.25, 0.3) is 0 Å². The van der Waals surface area contributed by atoms with Gasteiger partial charge in [-0.2, -0.15) is 0 Å². The van der Waals surface area contributed by atoms with Crippen LogP contribution >= 0.6 is 0 Å². The molecule has 0 bridgehead atoms. The lowest BCUT2D eigenvalue weighted by Crippen LogP contribution is -2.36. The highest BCUT2D eigenvalue weighted by Gasteiger charge is 2.24. The third-order valence-corrected chi connectivity index (χ3v) is 4.38. The minimum atomic E-state index is -0.340. The van der Waals surface area contributed by atoms with Crippen molar-refractivity contribution in [2.75, 3.05) is 19.7 Å². The molecule has 20 heavy (non-hydrogen) atoms. The molecule has 1 N–H and O–H groups in total. The predicted molar refractivity (Wildman–Crippen MR) is 77.6 cm³/mol. The van der Waals surface area contributed by atoms with Crippen LogP contribution < -0.4 is 0 Å². The highest BCUT2D eigenvalue weighted by atomic mass is 16.6. The number of likely N-dealkylation sites (tertiary alicyclic amines) is 1. The molecule has 0 spiro atoms. The van der Waals surface area contributed by atoms with Gasteiger partial charge in [-0.1, -0.05) is 6.07 Å². The van der Waals surface area contributed by atoms with Crippen molar-refractivity contribution in [2.24, 2.45) is 5.92 Å². The zero-order valence-corrected chi connectivity index (χ0v) is 12.1. The van der Waals surface area contributed by atoms with Crippen LogP contribution in [0.3, 0.4) is 0 Å². The number of aliphatic hydroxyl groups is 1. The summed E-state index contributed by atoms with van der Waals surface area (Å²) in [7, 11) is 0. The first-order chi connectivity index (χ1) is 9.52. The number of nitro groups is 1. The number of benzene rings is 1. The minimum Gasteiger partial charge on any atom is -0.396 e. The van der Waals surface area contributed by atoms with Crippen LogP contribution in [0.2, 0.25) is 0 Å². The van der Waals surface area contributed by atoms with Crippen LogP contribution in [0.1, 0.15) is 36.9 Å². The Morgan fingerprint density at radius 3 is 2.65 bits per heavy atom. The summed E-state index contributed by atoms with van der Waals surface area (Å²) in [5.74, 6) is 0.407. The standard InChI is InChI=1S/C15H22N2O3/c1-11-3-4-14(17(19)20)9-15(11)12(2)16-7-5-13(10-18)6-8-16/h3-4,9,12-13,18H,5-8,10H2,1-2H3. The van der Waals surface area contributed by atoms with Crippen molar-refractivity contribution in [3.05, 3.63) is 39.4 Å². The number of aryl methyl sites for hydroxylation is 1. The SMILES string of the molecule is Cc1ccc([N+](=O)[O-])cc1C(C)N1CCC(CO)CC1. The largest absolute Gasteiger partial charge is 0.396 e. The Bertz CT molecular complexity index is 482. The van der Waals surface area contributed by atoms with Crippen LogP contribution in [-0.2, 0) is 0 Å². The first-order valence-electron chi connectivity index (χ1n) is 7.12. The maximum Gasteiger partial charge on any atom is 0.269 e. The molecule has 0 aliphatic carbocycles. The molecule has 1 heterocycles. The number of nitrogens with zero attached hydrogens (tertiary/aromatic N) is 2. The van der Waals surface area contributed by atoms with Crippen molar-refractivity contribution in [3.8, 4) is 0 Å². The van der Waals surface area contributed by atoms with Gasteiger partial charge in [0.15, 0.2) is 0 Å². The first kappa shape index (κ1) is 14.9. The molecule has 1 aliphatic heterocycles. The molecular formula is C15H22N2O3. The maximum atomic E-state index is 10.9. The molecule has 0 saturated carbocycles. The third-order valence-electron chi connectivity index (χ3n) is 4.38. The highest BCUT2D eigenvalue weighted by molar-refractivity contribution is 5.40. The number of hydrogen-bond donors (Lipinski definition) is 1. The summed E-state index contributed by atoms with van der Waals surface area (Å²) in [5.41, 5.74) is 2.27. The van der Waals surface area contributed by atoms with Gasteiger partial charge in [-0.3, -0.25) is 15.0 Å². The van der Waals surface area contributed by atoms with Crippen molar-refractivity contribution in [2.45, 2.75) is 32.7 Å². The molecule has 1 atom stereocenters. The maximum absolute atomic E-state index is 10.9. The van der Waals surface area contributed by atoms with Crippen LogP contribution in [0, 0.1) is 23.0 Å². The molecule has 1 aromatic carbocycles. The number of rotatable bonds is 4. The molecule has 0 amide bonds. The Labute approximate surface area is 119 Å². The van der Waals surface area contributed by atoms with Gasteiger partial charge in [0.2, 0.25) is 0 Å². The zero-order valence-electron chi connectivity index (χ0n) is 12.1. The van der Waals surface area contributed by atoms with Gasteiger partial charge in [0.1, 0.15) is 0 Å². The molecule has 2 rings (SSSR count). The molecule has 1 saturated heterocycles. The van der Waals surface area contributed by atoms with Crippen molar-refractivity contribution < 1.29 is 10.0 Å². The second-order valence-corrected chi connectivity index (χ2v) is 5.64. The monoisotopic (exact) mass is 278 g/mol. The van der Waals surface area contributed by atoms with Crippen LogP contribution in [0.4, 0.5) is 5.69 Å². The smallest absolute Gasteiger partial charge is 0.269 e. The Kier molecular flexibility index (Phi) is 4.73. The molecule has 1 fully saturated rings. The van der Waals surface area contributed by atoms with E-state index in [0.717, 1.165) is 37.1 Å². The van der Waals surface area contributed by atoms with Crippen LogP contribution in [0.5, 0.6) is 0 Å². The lowest BCUT2D eigenvalue weighted by molar-refractivity contribution is -0.385. The Balaban J connectivity index is 2.14. The Morgan fingerprint density at radius 2 is 2.10 bits per heavy atom. The van der Waals surface area contributed by atoms with Crippen molar-refractivity contribution in [1.82, 2.24) is 4.90 Å². The highest BCUT2D eigenvalue weighted by Crippen LogP contribution is 2.30. The van der Waals surface area contributed by atoms with E-state index in [4.69, 9.17) is 0 Å². The number of nitro benzene ring substituents is 1. The molecule has 110 valence electrons. The van der Waals surface area contributed by atoms with E-state index in [0.29, 0.717) is 5.92 Å². The second kappa shape index (κ2) is 6.33. The van der Waals surface area contributed by atoms with Crippen molar-refractivity contribution >= 4 is 5.69 Å².